The van der Waals surface area contributed by atoms with Gasteiger partial charge < -0.3 is 15.4 Å². The van der Waals surface area contributed by atoms with E-state index in [1.807, 2.05) is 6.07 Å². The third-order valence-corrected chi connectivity index (χ3v) is 5.56. The molecule has 0 aliphatic heterocycles. The molecule has 1 heterocycles. The van der Waals surface area contributed by atoms with Crippen molar-refractivity contribution >= 4 is 34.5 Å². The minimum absolute atomic E-state index is 0.119. The summed E-state index contributed by atoms with van der Waals surface area (Å²) in [5.74, 6) is 0.918. The summed E-state index contributed by atoms with van der Waals surface area (Å²) >= 11 is 1.58. The van der Waals surface area contributed by atoms with Gasteiger partial charge in [-0.2, -0.15) is 0 Å². The van der Waals surface area contributed by atoms with Crippen LogP contribution in [0.5, 0.6) is 5.75 Å². The highest BCUT2D eigenvalue weighted by Gasteiger charge is 2.21. The molecule has 0 saturated heterocycles. The number of carbonyl (C=O) groups excluding carboxylic acids is 2. The summed E-state index contributed by atoms with van der Waals surface area (Å²) in [5, 5.41) is 5.62. The van der Waals surface area contributed by atoms with Crippen LogP contribution >= 0.6 is 11.3 Å². The summed E-state index contributed by atoms with van der Waals surface area (Å²) in [6.45, 7) is 3.68. The highest BCUT2D eigenvalue weighted by Crippen LogP contribution is 2.33. The predicted octanol–water partition coefficient (Wildman–Crippen LogP) is 4.09. The largest absolute Gasteiger partial charge is 0.495 e. The highest BCUT2D eigenvalue weighted by atomic mass is 32.1. The smallest absolute Gasteiger partial charge is 0.265 e. The Bertz CT molecular complexity index is 813. The van der Waals surface area contributed by atoms with Crippen LogP contribution in [0.2, 0.25) is 0 Å². The van der Waals surface area contributed by atoms with E-state index in [0.717, 1.165) is 17.7 Å². The van der Waals surface area contributed by atoms with Crippen LogP contribution in [0.15, 0.2) is 24.3 Å². The zero-order valence-electron chi connectivity index (χ0n) is 14.6. The van der Waals surface area contributed by atoms with Gasteiger partial charge in [-0.15, -0.1) is 11.3 Å². The molecule has 25 heavy (non-hydrogen) atoms. The van der Waals surface area contributed by atoms with Gasteiger partial charge in [0.15, 0.2) is 0 Å². The molecule has 1 unspecified atom stereocenters. The molecule has 2 N–H and O–H groups in total. The molecule has 0 radical (unpaired) electrons. The average Bonchev–Trinajstić information content (AvgIpc) is 2.98. The molecule has 0 spiro atoms. The maximum Gasteiger partial charge on any atom is 0.265 e. The van der Waals surface area contributed by atoms with E-state index >= 15 is 0 Å². The van der Waals surface area contributed by atoms with E-state index in [9.17, 15) is 9.59 Å². The number of fused-ring (bicyclic) bond motifs is 1. The number of anilines is 2. The van der Waals surface area contributed by atoms with Crippen LogP contribution in [-0.2, 0) is 17.6 Å². The number of hydrogen-bond acceptors (Lipinski definition) is 4. The standard InChI is InChI=1S/C19H22N2O3S/c1-11-4-7-17-13(8-11)9-18(25-17)19(23)21-14-5-6-16(24-3)15(10-14)20-12(2)22/h5-6,9-11H,4,7-8H2,1-3H3,(H,20,22)(H,21,23). The number of amides is 2. The molecule has 6 heteroatoms. The molecule has 1 aliphatic carbocycles. The second-order valence-corrected chi connectivity index (χ2v) is 7.59. The number of benzene rings is 1. The molecule has 2 aromatic rings. The topological polar surface area (TPSA) is 67.4 Å². The summed E-state index contributed by atoms with van der Waals surface area (Å²) in [6, 6.07) is 7.20. The van der Waals surface area contributed by atoms with Crippen molar-refractivity contribution in [3.05, 3.63) is 39.6 Å². The molecule has 0 bridgehead atoms. The first-order chi connectivity index (χ1) is 12.0. The molecular weight excluding hydrogens is 336 g/mol. The molecule has 1 aromatic carbocycles. The summed E-state index contributed by atoms with van der Waals surface area (Å²) in [6.07, 6.45) is 3.30. The Morgan fingerprint density at radius 3 is 2.76 bits per heavy atom. The van der Waals surface area contributed by atoms with Crippen LogP contribution in [-0.4, -0.2) is 18.9 Å². The molecule has 1 aliphatic rings. The Balaban J connectivity index is 1.78. The fourth-order valence-electron chi connectivity index (χ4n) is 3.08. The molecule has 0 fully saturated rings. The van der Waals surface area contributed by atoms with Crippen LogP contribution in [0.1, 0.15) is 40.4 Å². The van der Waals surface area contributed by atoms with E-state index in [-0.39, 0.29) is 11.8 Å². The van der Waals surface area contributed by atoms with E-state index in [4.69, 9.17) is 4.74 Å². The number of nitrogens with one attached hydrogen (secondary N) is 2. The number of carbonyl (C=O) groups is 2. The summed E-state index contributed by atoms with van der Waals surface area (Å²) < 4.78 is 5.23. The van der Waals surface area contributed by atoms with Crippen LogP contribution in [0, 0.1) is 5.92 Å². The average molecular weight is 358 g/mol. The fourth-order valence-corrected chi connectivity index (χ4v) is 4.19. The van der Waals surface area contributed by atoms with Gasteiger partial charge in [-0.25, -0.2) is 0 Å². The summed E-state index contributed by atoms with van der Waals surface area (Å²) in [7, 11) is 1.54. The molecule has 0 saturated carbocycles. The van der Waals surface area contributed by atoms with Crippen molar-refractivity contribution < 1.29 is 14.3 Å². The van der Waals surface area contributed by atoms with Gasteiger partial charge in [0, 0.05) is 17.5 Å². The zero-order valence-corrected chi connectivity index (χ0v) is 15.5. The third-order valence-electron chi connectivity index (χ3n) is 4.32. The molecular formula is C19H22N2O3S. The maximum absolute atomic E-state index is 12.6. The number of hydrogen-bond donors (Lipinski definition) is 2. The second-order valence-electron chi connectivity index (χ2n) is 6.46. The lowest BCUT2D eigenvalue weighted by Gasteiger charge is -2.16. The van der Waals surface area contributed by atoms with Gasteiger partial charge in [-0.3, -0.25) is 9.59 Å². The van der Waals surface area contributed by atoms with E-state index in [0.29, 0.717) is 23.0 Å². The van der Waals surface area contributed by atoms with Gasteiger partial charge in [0.05, 0.1) is 17.7 Å². The van der Waals surface area contributed by atoms with Crippen molar-refractivity contribution in [2.24, 2.45) is 5.92 Å². The minimum atomic E-state index is -0.193. The first kappa shape index (κ1) is 17.5. The lowest BCUT2D eigenvalue weighted by Crippen LogP contribution is -2.12. The Kier molecular flexibility index (Phi) is 5.08. The van der Waals surface area contributed by atoms with Gasteiger partial charge >= 0.3 is 0 Å². The summed E-state index contributed by atoms with van der Waals surface area (Å²) in [5.41, 5.74) is 2.46. The van der Waals surface area contributed by atoms with Gasteiger partial charge in [0.25, 0.3) is 5.91 Å². The highest BCUT2D eigenvalue weighted by molar-refractivity contribution is 7.14. The number of methoxy groups -OCH3 is 1. The van der Waals surface area contributed by atoms with E-state index in [1.54, 1.807) is 29.5 Å². The first-order valence-electron chi connectivity index (χ1n) is 8.35. The first-order valence-corrected chi connectivity index (χ1v) is 9.16. The molecule has 2 amide bonds. The van der Waals surface area contributed by atoms with Crippen molar-refractivity contribution in [2.45, 2.75) is 33.1 Å². The third kappa shape index (κ3) is 4.02. The Labute approximate surface area is 151 Å². The summed E-state index contributed by atoms with van der Waals surface area (Å²) in [4.78, 5) is 26.0. The molecule has 3 rings (SSSR count). The van der Waals surface area contributed by atoms with Gasteiger partial charge in [-0.05, 0) is 55.0 Å². The Morgan fingerprint density at radius 2 is 2.04 bits per heavy atom. The van der Waals surface area contributed by atoms with Crippen molar-refractivity contribution in [3.63, 3.8) is 0 Å². The fraction of sp³-hybridized carbons (Fsp3) is 0.368. The van der Waals surface area contributed by atoms with Crippen molar-refractivity contribution in [3.8, 4) is 5.75 Å². The van der Waals surface area contributed by atoms with Gasteiger partial charge in [-0.1, -0.05) is 6.92 Å². The lowest BCUT2D eigenvalue weighted by molar-refractivity contribution is -0.114. The van der Waals surface area contributed by atoms with Crippen molar-refractivity contribution in [2.75, 3.05) is 17.7 Å². The number of rotatable bonds is 4. The zero-order chi connectivity index (χ0) is 18.0. The number of aryl methyl sites for hydroxylation is 1. The van der Waals surface area contributed by atoms with E-state index in [1.165, 1.54) is 30.9 Å². The Hall–Kier alpha value is -2.34. The van der Waals surface area contributed by atoms with Crippen molar-refractivity contribution in [1.29, 1.82) is 0 Å². The monoisotopic (exact) mass is 358 g/mol. The molecule has 1 atom stereocenters. The van der Waals surface area contributed by atoms with Crippen LogP contribution in [0.3, 0.4) is 0 Å². The van der Waals surface area contributed by atoms with Crippen LogP contribution in [0.4, 0.5) is 11.4 Å². The molecule has 5 nitrogen and oxygen atoms in total. The van der Waals surface area contributed by atoms with Gasteiger partial charge in [0.1, 0.15) is 5.75 Å². The van der Waals surface area contributed by atoms with E-state index < -0.39 is 0 Å². The maximum atomic E-state index is 12.6. The molecule has 1 aromatic heterocycles. The van der Waals surface area contributed by atoms with Crippen molar-refractivity contribution in [1.82, 2.24) is 0 Å². The van der Waals surface area contributed by atoms with Crippen LogP contribution < -0.4 is 15.4 Å². The van der Waals surface area contributed by atoms with Crippen LogP contribution in [0.25, 0.3) is 0 Å². The predicted molar refractivity (Wildman–Crippen MR) is 101 cm³/mol. The lowest BCUT2D eigenvalue weighted by atomic mass is 9.90. The normalized spacial score (nSPS) is 16.0. The second kappa shape index (κ2) is 7.27. The van der Waals surface area contributed by atoms with E-state index in [2.05, 4.69) is 17.6 Å². The quantitative estimate of drug-likeness (QED) is 0.865. The number of thiophene rings is 1. The Morgan fingerprint density at radius 1 is 1.24 bits per heavy atom. The minimum Gasteiger partial charge on any atom is -0.495 e. The number of ether oxygens (including phenoxy) is 1. The molecule has 132 valence electrons. The SMILES string of the molecule is COc1ccc(NC(=O)c2cc3c(s2)CCC(C)C3)cc1NC(C)=O. The van der Waals surface area contributed by atoms with Gasteiger partial charge in [0.2, 0.25) is 5.91 Å².